The number of aliphatic imine (C=N–C) groups is 2. The monoisotopic (exact) mass is 508 g/mol. The third-order valence-electron chi connectivity index (χ3n) is 5.29. The van der Waals surface area contributed by atoms with E-state index in [-0.39, 0.29) is 15.9 Å². The zero-order chi connectivity index (χ0) is 20.5. The van der Waals surface area contributed by atoms with Crippen molar-refractivity contribution in [3.05, 3.63) is 58.7 Å². The number of aryl methyl sites for hydroxylation is 4. The molecule has 28 heavy (non-hydrogen) atoms. The number of halogens is 2. The molecule has 2 aromatic rings. The van der Waals surface area contributed by atoms with Crippen molar-refractivity contribution in [2.24, 2.45) is 21.8 Å². The Bertz CT molecular complexity index is 725. The molecule has 154 valence electrons. The summed E-state index contributed by atoms with van der Waals surface area (Å²) >= 11 is -0.106. The van der Waals surface area contributed by atoms with Gasteiger partial charge in [-0.3, -0.25) is 9.98 Å². The topological polar surface area (TPSA) is 24.7 Å². The summed E-state index contributed by atoms with van der Waals surface area (Å²) in [7, 11) is 9.63. The summed E-state index contributed by atoms with van der Waals surface area (Å²) in [5, 5.41) is 0. The maximum atomic E-state index is 4.84. The van der Waals surface area contributed by atoms with E-state index in [2.05, 4.69) is 76.5 Å². The normalized spacial score (nSPS) is 19.4. The SMILES string of the molecule is Cc1cccc(C)c1N=CC1CCCC1C=Nc1c(C)cccc1C.[Cl][Pd][Cl]. The third kappa shape index (κ3) is 6.53. The average molecular weight is 510 g/mol. The van der Waals surface area contributed by atoms with Crippen LogP contribution in [0.1, 0.15) is 41.5 Å². The Morgan fingerprint density at radius 2 is 1.07 bits per heavy atom. The van der Waals surface area contributed by atoms with Crippen LogP contribution in [0.3, 0.4) is 0 Å². The predicted molar refractivity (Wildman–Crippen MR) is 121 cm³/mol. The van der Waals surface area contributed by atoms with Crippen LogP contribution in [0.4, 0.5) is 11.4 Å². The second-order valence-electron chi connectivity index (χ2n) is 7.34. The van der Waals surface area contributed by atoms with E-state index in [1.807, 2.05) is 0 Å². The Balaban J connectivity index is 0.000000878. The van der Waals surface area contributed by atoms with Crippen LogP contribution >= 0.6 is 19.1 Å². The van der Waals surface area contributed by atoms with Crippen molar-refractivity contribution in [1.82, 2.24) is 0 Å². The van der Waals surface area contributed by atoms with Gasteiger partial charge in [0.1, 0.15) is 0 Å². The summed E-state index contributed by atoms with van der Waals surface area (Å²) in [6.07, 6.45) is 8.01. The van der Waals surface area contributed by atoms with E-state index in [4.69, 9.17) is 29.0 Å². The number of para-hydroxylation sites is 2. The number of benzene rings is 2. The van der Waals surface area contributed by atoms with E-state index in [0.717, 1.165) is 11.4 Å². The number of nitrogens with zero attached hydrogens (tertiary/aromatic N) is 2. The molecule has 1 fully saturated rings. The fraction of sp³-hybridized carbons (Fsp3) is 0.391. The summed E-state index contributed by atoms with van der Waals surface area (Å²) in [6.45, 7) is 8.53. The van der Waals surface area contributed by atoms with Crippen molar-refractivity contribution >= 4 is 42.9 Å². The number of hydrogen-bond donors (Lipinski definition) is 0. The van der Waals surface area contributed by atoms with Gasteiger partial charge in [0.25, 0.3) is 0 Å². The number of rotatable bonds is 4. The summed E-state index contributed by atoms with van der Waals surface area (Å²) in [5.74, 6) is 0.985. The molecule has 0 radical (unpaired) electrons. The van der Waals surface area contributed by atoms with Gasteiger partial charge < -0.3 is 0 Å². The molecule has 0 spiro atoms. The Morgan fingerprint density at radius 3 is 1.39 bits per heavy atom. The second kappa shape index (κ2) is 11.9. The summed E-state index contributed by atoms with van der Waals surface area (Å²) < 4.78 is 0. The minimum atomic E-state index is -0.106. The van der Waals surface area contributed by atoms with Crippen molar-refractivity contribution in [2.45, 2.75) is 47.0 Å². The number of hydrogen-bond acceptors (Lipinski definition) is 2. The Kier molecular flexibility index (Phi) is 9.89. The summed E-state index contributed by atoms with van der Waals surface area (Å²) in [6, 6.07) is 12.7. The van der Waals surface area contributed by atoms with Crippen LogP contribution in [0.5, 0.6) is 0 Å². The van der Waals surface area contributed by atoms with Gasteiger partial charge in [0, 0.05) is 24.3 Å². The van der Waals surface area contributed by atoms with Crippen LogP contribution in [-0.2, 0) is 15.9 Å². The molecule has 0 N–H and O–H groups in total. The Morgan fingerprint density at radius 1 is 0.750 bits per heavy atom. The third-order valence-corrected chi connectivity index (χ3v) is 5.29. The first-order chi connectivity index (χ1) is 13.5. The quantitative estimate of drug-likeness (QED) is 0.296. The van der Waals surface area contributed by atoms with Crippen LogP contribution in [0.15, 0.2) is 46.4 Å². The van der Waals surface area contributed by atoms with Crippen molar-refractivity contribution in [3.63, 3.8) is 0 Å². The van der Waals surface area contributed by atoms with Gasteiger partial charge >= 0.3 is 35.0 Å². The molecule has 0 aromatic heterocycles. The van der Waals surface area contributed by atoms with E-state index in [1.165, 1.54) is 41.5 Å². The van der Waals surface area contributed by atoms with Crippen LogP contribution < -0.4 is 0 Å². The van der Waals surface area contributed by atoms with Gasteiger partial charge in [0.05, 0.1) is 11.4 Å². The molecule has 3 rings (SSSR count). The van der Waals surface area contributed by atoms with Gasteiger partial charge in [-0.1, -0.05) is 42.8 Å². The zero-order valence-electron chi connectivity index (χ0n) is 16.9. The van der Waals surface area contributed by atoms with E-state index >= 15 is 0 Å². The molecule has 0 amide bonds. The molecule has 0 saturated heterocycles. The Labute approximate surface area is 185 Å². The molecule has 2 aromatic carbocycles. The average Bonchev–Trinajstić information content (AvgIpc) is 3.09. The first-order valence-corrected chi connectivity index (χ1v) is 13.5. The van der Waals surface area contributed by atoms with E-state index in [9.17, 15) is 0 Å². The van der Waals surface area contributed by atoms with Crippen LogP contribution in [0.2, 0.25) is 0 Å². The maximum absolute atomic E-state index is 4.84. The van der Waals surface area contributed by atoms with Gasteiger partial charge in [-0.15, -0.1) is 0 Å². The van der Waals surface area contributed by atoms with E-state index < -0.39 is 0 Å². The van der Waals surface area contributed by atoms with E-state index in [0.29, 0.717) is 11.8 Å². The molecule has 1 aliphatic rings. The van der Waals surface area contributed by atoms with Crippen LogP contribution in [-0.4, -0.2) is 12.4 Å². The standard InChI is InChI=1S/C23H28N2.2ClH.Pd/c1-16-8-5-9-17(2)22(16)24-14-20-12-7-13-21(20)15-25-23-18(3)10-6-11-19(23)4;;;/h5-6,8-11,14-15,20-21H,7,12-13H2,1-4H3;2*1H;/q;;;+2/p-2. The molecular formula is C23H28Cl2N2Pd. The molecule has 2 nitrogen and oxygen atoms in total. The molecule has 0 aliphatic heterocycles. The first kappa shape index (κ1) is 23.3. The zero-order valence-corrected chi connectivity index (χ0v) is 19.9. The van der Waals surface area contributed by atoms with Gasteiger partial charge in [-0.2, -0.15) is 0 Å². The molecule has 1 saturated carbocycles. The molecule has 1 aliphatic carbocycles. The fourth-order valence-electron chi connectivity index (χ4n) is 3.75. The van der Waals surface area contributed by atoms with Gasteiger partial charge in [-0.05, 0) is 62.8 Å². The molecular weight excluding hydrogens is 482 g/mol. The van der Waals surface area contributed by atoms with Gasteiger partial charge in [0.15, 0.2) is 0 Å². The van der Waals surface area contributed by atoms with E-state index in [1.54, 1.807) is 0 Å². The van der Waals surface area contributed by atoms with Crippen molar-refractivity contribution < 1.29 is 15.9 Å². The Hall–Kier alpha value is -0.978. The van der Waals surface area contributed by atoms with Crippen molar-refractivity contribution in [3.8, 4) is 0 Å². The van der Waals surface area contributed by atoms with Crippen LogP contribution in [0.25, 0.3) is 0 Å². The minimum absolute atomic E-state index is 0.106. The molecule has 5 heteroatoms. The predicted octanol–water partition coefficient (Wildman–Crippen LogP) is 7.82. The van der Waals surface area contributed by atoms with Crippen LogP contribution in [0, 0.1) is 39.5 Å². The fourth-order valence-corrected chi connectivity index (χ4v) is 3.75. The molecule has 0 heterocycles. The van der Waals surface area contributed by atoms with Crippen molar-refractivity contribution in [1.29, 1.82) is 0 Å². The molecule has 2 atom stereocenters. The van der Waals surface area contributed by atoms with Crippen molar-refractivity contribution in [2.75, 3.05) is 0 Å². The first-order valence-electron chi connectivity index (χ1n) is 9.51. The van der Waals surface area contributed by atoms with Gasteiger partial charge in [-0.25, -0.2) is 0 Å². The molecule has 0 bridgehead atoms. The molecule has 2 unspecified atom stereocenters. The summed E-state index contributed by atoms with van der Waals surface area (Å²) in [5.41, 5.74) is 7.23. The van der Waals surface area contributed by atoms with Gasteiger partial charge in [0.2, 0.25) is 0 Å². The second-order valence-corrected chi connectivity index (χ2v) is 9.70. The summed E-state index contributed by atoms with van der Waals surface area (Å²) in [4.78, 5) is 9.68.